The molecular formula is C31H39FO7. The Hall–Kier alpha value is -3.23. The molecule has 39 heavy (non-hydrogen) atoms. The third-order valence-corrected chi connectivity index (χ3v) is 6.27. The summed E-state index contributed by atoms with van der Waals surface area (Å²) in [7, 11) is 0. The Morgan fingerprint density at radius 2 is 1.82 bits per heavy atom. The summed E-state index contributed by atoms with van der Waals surface area (Å²) >= 11 is 0. The summed E-state index contributed by atoms with van der Waals surface area (Å²) in [5.41, 5.74) is 2.83. The first-order chi connectivity index (χ1) is 18.1. The molecule has 8 heteroatoms. The number of carbonyl (C=O) groups is 2. The van der Waals surface area contributed by atoms with Crippen molar-refractivity contribution in [3.05, 3.63) is 64.5 Å². The van der Waals surface area contributed by atoms with Crippen molar-refractivity contribution in [1.29, 1.82) is 0 Å². The lowest BCUT2D eigenvalue weighted by Gasteiger charge is -2.43. The summed E-state index contributed by atoms with van der Waals surface area (Å²) in [6.45, 7) is 13.9. The highest BCUT2D eigenvalue weighted by Crippen LogP contribution is 2.37. The van der Waals surface area contributed by atoms with Crippen molar-refractivity contribution < 1.29 is 37.7 Å². The van der Waals surface area contributed by atoms with E-state index in [1.54, 1.807) is 60.6 Å². The highest BCUT2D eigenvalue weighted by Gasteiger charge is 2.42. The molecule has 0 spiro atoms. The van der Waals surface area contributed by atoms with Gasteiger partial charge in [-0.2, -0.15) is 0 Å². The highest BCUT2D eigenvalue weighted by molar-refractivity contribution is 5.79. The maximum absolute atomic E-state index is 15.1. The van der Waals surface area contributed by atoms with Gasteiger partial charge < -0.3 is 23.7 Å². The minimum Gasteiger partial charge on any atom is -0.428 e. The van der Waals surface area contributed by atoms with Crippen LogP contribution in [0.25, 0.3) is 17.2 Å². The fourth-order valence-electron chi connectivity index (χ4n) is 4.53. The molecule has 0 radical (unpaired) electrons. The van der Waals surface area contributed by atoms with Crippen LogP contribution < -0.4 is 0 Å². The molecule has 212 valence electrons. The average Bonchev–Trinajstić information content (AvgIpc) is 2.80. The fraction of sp³-hybridized carbons (Fsp3) is 0.484. The predicted octanol–water partition coefficient (Wildman–Crippen LogP) is 7.19. The molecular weight excluding hydrogens is 503 g/mol. The van der Waals surface area contributed by atoms with Crippen LogP contribution in [0, 0.1) is 26.6 Å². The molecule has 1 saturated heterocycles. The Labute approximate surface area is 230 Å². The summed E-state index contributed by atoms with van der Waals surface area (Å²) in [6.07, 6.45) is 2.85. The summed E-state index contributed by atoms with van der Waals surface area (Å²) in [5, 5.41) is 0. The van der Waals surface area contributed by atoms with Crippen LogP contribution in [0.15, 0.2) is 36.4 Å². The van der Waals surface area contributed by atoms with Crippen LogP contribution in [0.2, 0.25) is 0 Å². The minimum absolute atomic E-state index is 0.166. The van der Waals surface area contributed by atoms with Crippen molar-refractivity contribution in [3.63, 3.8) is 0 Å². The molecule has 1 fully saturated rings. The Morgan fingerprint density at radius 3 is 2.46 bits per heavy atom. The van der Waals surface area contributed by atoms with Crippen molar-refractivity contribution in [1.82, 2.24) is 0 Å². The molecule has 1 aliphatic rings. The lowest BCUT2D eigenvalue weighted by molar-refractivity contribution is -0.297. The SMILES string of the molecule is Cc1cccc(-c2cc(C)c(F)c(C)c2C=C[C@]2(CC(=O)OCOC(=O)OC(C)(C)C)CCOC(C)(C)O2)c1. The molecule has 2 aromatic rings. The van der Waals surface area contributed by atoms with Crippen LogP contribution in [-0.4, -0.2) is 42.5 Å². The normalized spacial score (nSPS) is 19.1. The average molecular weight is 543 g/mol. The zero-order valence-corrected chi connectivity index (χ0v) is 24.1. The molecule has 0 unspecified atom stereocenters. The number of ether oxygens (including phenoxy) is 5. The highest BCUT2D eigenvalue weighted by atomic mass is 19.1. The third-order valence-electron chi connectivity index (χ3n) is 6.27. The number of rotatable bonds is 7. The zero-order chi connectivity index (χ0) is 29.0. The van der Waals surface area contributed by atoms with E-state index >= 15 is 4.39 Å². The van der Waals surface area contributed by atoms with Gasteiger partial charge in [0.1, 0.15) is 17.0 Å². The Balaban J connectivity index is 1.90. The molecule has 1 heterocycles. The molecule has 0 bridgehead atoms. The second kappa shape index (κ2) is 11.9. The summed E-state index contributed by atoms with van der Waals surface area (Å²) in [4.78, 5) is 24.6. The molecule has 1 aliphatic heterocycles. The molecule has 0 saturated carbocycles. The number of esters is 1. The van der Waals surface area contributed by atoms with Gasteiger partial charge in [0.25, 0.3) is 0 Å². The maximum atomic E-state index is 15.1. The number of halogens is 1. The molecule has 3 rings (SSSR count). The van der Waals surface area contributed by atoms with Crippen LogP contribution in [-0.2, 0) is 28.5 Å². The molecule has 0 N–H and O–H groups in total. The van der Waals surface area contributed by atoms with Crippen LogP contribution in [0.4, 0.5) is 9.18 Å². The Morgan fingerprint density at radius 1 is 1.10 bits per heavy atom. The number of benzene rings is 2. The molecule has 0 aliphatic carbocycles. The van der Waals surface area contributed by atoms with Gasteiger partial charge in [0.2, 0.25) is 6.79 Å². The van der Waals surface area contributed by atoms with E-state index in [1.165, 1.54) is 0 Å². The summed E-state index contributed by atoms with van der Waals surface area (Å²) in [5.74, 6) is -1.89. The van der Waals surface area contributed by atoms with Gasteiger partial charge in [-0.25, -0.2) is 9.18 Å². The number of hydrogen-bond donors (Lipinski definition) is 0. The van der Waals surface area contributed by atoms with Crippen LogP contribution in [0.3, 0.4) is 0 Å². The molecule has 0 amide bonds. The first-order valence-electron chi connectivity index (χ1n) is 13.0. The first-order valence-corrected chi connectivity index (χ1v) is 13.0. The summed E-state index contributed by atoms with van der Waals surface area (Å²) in [6, 6.07) is 9.85. The van der Waals surface area contributed by atoms with Crippen LogP contribution in [0.5, 0.6) is 0 Å². The van der Waals surface area contributed by atoms with E-state index in [4.69, 9.17) is 23.7 Å². The minimum atomic E-state index is -1.09. The van der Waals surface area contributed by atoms with Gasteiger partial charge in [-0.3, -0.25) is 4.79 Å². The molecule has 0 aromatic heterocycles. The van der Waals surface area contributed by atoms with Crippen LogP contribution >= 0.6 is 0 Å². The van der Waals surface area contributed by atoms with Gasteiger partial charge in [-0.1, -0.05) is 42.0 Å². The van der Waals surface area contributed by atoms with E-state index in [0.29, 0.717) is 29.7 Å². The van der Waals surface area contributed by atoms with Gasteiger partial charge in [0.15, 0.2) is 5.79 Å². The smallest absolute Gasteiger partial charge is 0.428 e. The zero-order valence-electron chi connectivity index (χ0n) is 24.1. The lowest BCUT2D eigenvalue weighted by atomic mass is 9.88. The van der Waals surface area contributed by atoms with Crippen molar-refractivity contribution in [2.75, 3.05) is 13.4 Å². The van der Waals surface area contributed by atoms with Gasteiger partial charge in [-0.05, 0) is 89.3 Å². The monoisotopic (exact) mass is 542 g/mol. The van der Waals surface area contributed by atoms with E-state index in [1.807, 2.05) is 31.2 Å². The quantitative estimate of drug-likeness (QED) is 0.271. The van der Waals surface area contributed by atoms with Crippen LogP contribution in [0.1, 0.15) is 69.7 Å². The van der Waals surface area contributed by atoms with Crippen molar-refractivity contribution in [2.24, 2.45) is 0 Å². The van der Waals surface area contributed by atoms with E-state index in [2.05, 4.69) is 6.07 Å². The standard InChI is InChI=1S/C31H39FO7/c1-20-10-9-11-23(16-20)25-17-21(2)27(32)22(3)24(25)12-13-31(14-15-37-30(7,8)39-31)18-26(33)35-19-36-28(34)38-29(4,5)6/h9-13,16-17H,14-15,18-19H2,1-8H3/t31-/m1/s1. The van der Waals surface area contributed by atoms with Crippen molar-refractivity contribution in [2.45, 2.75) is 85.2 Å². The largest absolute Gasteiger partial charge is 0.511 e. The van der Waals surface area contributed by atoms with Gasteiger partial charge in [0.05, 0.1) is 13.0 Å². The van der Waals surface area contributed by atoms with Gasteiger partial charge in [0, 0.05) is 6.42 Å². The molecule has 2 aromatic carbocycles. The van der Waals surface area contributed by atoms with Gasteiger partial charge in [-0.15, -0.1) is 0 Å². The maximum Gasteiger partial charge on any atom is 0.511 e. The van der Waals surface area contributed by atoms with E-state index in [9.17, 15) is 9.59 Å². The van der Waals surface area contributed by atoms with E-state index < -0.39 is 35.9 Å². The Bertz CT molecular complexity index is 1240. The lowest BCUT2D eigenvalue weighted by Crippen LogP contribution is -2.49. The molecule has 1 atom stereocenters. The van der Waals surface area contributed by atoms with Gasteiger partial charge >= 0.3 is 12.1 Å². The van der Waals surface area contributed by atoms with E-state index in [0.717, 1.165) is 16.7 Å². The first kappa shape index (κ1) is 30.3. The fourth-order valence-corrected chi connectivity index (χ4v) is 4.53. The second-order valence-electron chi connectivity index (χ2n) is 11.4. The number of hydrogen-bond acceptors (Lipinski definition) is 7. The summed E-state index contributed by atoms with van der Waals surface area (Å²) < 4.78 is 42.1. The Kier molecular flexibility index (Phi) is 9.23. The topological polar surface area (TPSA) is 80.3 Å². The number of aryl methyl sites for hydroxylation is 2. The van der Waals surface area contributed by atoms with Crippen molar-refractivity contribution in [3.8, 4) is 11.1 Å². The second-order valence-corrected chi connectivity index (χ2v) is 11.4. The van der Waals surface area contributed by atoms with E-state index in [-0.39, 0.29) is 12.2 Å². The predicted molar refractivity (Wildman–Crippen MR) is 146 cm³/mol. The number of carbonyl (C=O) groups excluding carboxylic acids is 2. The molecule has 7 nitrogen and oxygen atoms in total. The van der Waals surface area contributed by atoms with Crippen molar-refractivity contribution >= 4 is 18.2 Å². The third kappa shape index (κ3) is 8.38.